The second-order valence-corrected chi connectivity index (χ2v) is 7.92. The molecule has 0 saturated heterocycles. The molecule has 6 nitrogen and oxygen atoms in total. The van der Waals surface area contributed by atoms with Crippen molar-refractivity contribution in [1.29, 1.82) is 0 Å². The number of amides is 2. The number of anilines is 1. The van der Waals surface area contributed by atoms with E-state index in [0.29, 0.717) is 27.1 Å². The van der Waals surface area contributed by atoms with Crippen molar-refractivity contribution < 1.29 is 14.0 Å². The summed E-state index contributed by atoms with van der Waals surface area (Å²) in [5, 5.41) is 7.74. The van der Waals surface area contributed by atoms with E-state index in [2.05, 4.69) is 10.4 Å². The number of aromatic nitrogens is 2. The fourth-order valence-corrected chi connectivity index (χ4v) is 3.64. The lowest BCUT2D eigenvalue weighted by Gasteiger charge is -2.18. The maximum atomic E-state index is 13.2. The minimum absolute atomic E-state index is 0.0789. The molecule has 0 aliphatic heterocycles. The van der Waals surface area contributed by atoms with Crippen LogP contribution in [-0.2, 0) is 16.0 Å². The van der Waals surface area contributed by atoms with E-state index < -0.39 is 5.91 Å². The molecule has 0 saturated carbocycles. The number of nitrogens with zero attached hydrogens (tertiary/aromatic N) is 3. The van der Waals surface area contributed by atoms with Crippen molar-refractivity contribution in [3.8, 4) is 5.69 Å². The van der Waals surface area contributed by atoms with Crippen LogP contribution >= 0.6 is 23.2 Å². The second-order valence-electron chi connectivity index (χ2n) is 7.11. The molecule has 0 aliphatic carbocycles. The van der Waals surface area contributed by atoms with Crippen LogP contribution < -0.4 is 5.32 Å². The molecule has 3 rings (SSSR count). The molecule has 0 unspecified atom stereocenters. The van der Waals surface area contributed by atoms with Crippen molar-refractivity contribution in [1.82, 2.24) is 14.7 Å². The maximum absolute atomic E-state index is 13.2. The summed E-state index contributed by atoms with van der Waals surface area (Å²) in [6.45, 7) is 3.49. The largest absolute Gasteiger partial charge is 0.336 e. The van der Waals surface area contributed by atoms with E-state index in [1.807, 2.05) is 13.8 Å². The van der Waals surface area contributed by atoms with E-state index in [9.17, 15) is 14.0 Å². The topological polar surface area (TPSA) is 67.2 Å². The van der Waals surface area contributed by atoms with Gasteiger partial charge in [-0.1, -0.05) is 29.3 Å². The lowest BCUT2D eigenvalue weighted by Crippen LogP contribution is -2.36. The number of hydrogen-bond donors (Lipinski definition) is 1. The zero-order valence-corrected chi connectivity index (χ0v) is 18.8. The van der Waals surface area contributed by atoms with Crippen LogP contribution in [0.1, 0.15) is 17.0 Å². The molecule has 3 aromatic rings. The van der Waals surface area contributed by atoms with Gasteiger partial charge < -0.3 is 10.2 Å². The van der Waals surface area contributed by atoms with Crippen molar-refractivity contribution in [2.75, 3.05) is 18.9 Å². The van der Waals surface area contributed by atoms with Gasteiger partial charge in [0, 0.05) is 18.3 Å². The highest BCUT2D eigenvalue weighted by molar-refractivity contribution is 6.39. The molecular weight excluding hydrogens is 442 g/mol. The Kier molecular flexibility index (Phi) is 6.97. The SMILES string of the molecule is Cc1nn(-c2ccc(F)cc2)c(C)c1CC(=O)N(C)CC(=O)Nc1c(Cl)cccc1Cl. The average molecular weight is 463 g/mol. The van der Waals surface area contributed by atoms with Crippen LogP contribution in [0.4, 0.5) is 10.1 Å². The van der Waals surface area contributed by atoms with E-state index in [1.165, 1.54) is 17.0 Å². The van der Waals surface area contributed by atoms with Gasteiger partial charge in [-0.2, -0.15) is 5.10 Å². The Bertz CT molecular complexity index is 1110. The molecule has 1 N–H and O–H groups in total. The van der Waals surface area contributed by atoms with E-state index in [-0.39, 0.29) is 24.7 Å². The lowest BCUT2D eigenvalue weighted by molar-refractivity contribution is -0.132. The van der Waals surface area contributed by atoms with Gasteiger partial charge in [-0.25, -0.2) is 9.07 Å². The molecule has 162 valence electrons. The van der Waals surface area contributed by atoms with Gasteiger partial charge in [0.1, 0.15) is 5.82 Å². The summed E-state index contributed by atoms with van der Waals surface area (Å²) in [5.41, 5.74) is 3.23. The molecule has 1 heterocycles. The number of aryl methyl sites for hydroxylation is 1. The molecule has 0 bridgehead atoms. The van der Waals surface area contributed by atoms with Gasteiger partial charge in [0.25, 0.3) is 0 Å². The molecular formula is C22H21Cl2FN4O2. The first-order chi connectivity index (χ1) is 14.7. The number of halogens is 3. The molecule has 0 fully saturated rings. The number of likely N-dealkylation sites (N-methyl/N-ethyl adjacent to an activating group) is 1. The average Bonchev–Trinajstić information content (AvgIpc) is 2.99. The fraction of sp³-hybridized carbons (Fsp3) is 0.227. The van der Waals surface area contributed by atoms with E-state index in [4.69, 9.17) is 23.2 Å². The molecule has 9 heteroatoms. The van der Waals surface area contributed by atoms with E-state index in [1.54, 1.807) is 42.1 Å². The first-order valence-electron chi connectivity index (χ1n) is 9.46. The molecule has 2 amide bonds. The van der Waals surface area contributed by atoms with Crippen LogP contribution in [0.2, 0.25) is 10.0 Å². The third-order valence-electron chi connectivity index (χ3n) is 4.87. The molecule has 0 spiro atoms. The number of nitrogens with one attached hydrogen (secondary N) is 1. The number of rotatable bonds is 6. The Labute approximate surface area is 189 Å². The smallest absolute Gasteiger partial charge is 0.244 e. The first kappa shape index (κ1) is 22.8. The molecule has 31 heavy (non-hydrogen) atoms. The van der Waals surface area contributed by atoms with Gasteiger partial charge in [-0.3, -0.25) is 9.59 Å². The normalized spacial score (nSPS) is 10.8. The summed E-state index contributed by atoms with van der Waals surface area (Å²) in [5.74, 6) is -0.995. The summed E-state index contributed by atoms with van der Waals surface area (Å²) < 4.78 is 14.9. The fourth-order valence-electron chi connectivity index (χ4n) is 3.15. The number of benzene rings is 2. The van der Waals surface area contributed by atoms with Crippen molar-refractivity contribution in [2.24, 2.45) is 0 Å². The Morgan fingerprint density at radius 3 is 2.32 bits per heavy atom. The highest BCUT2D eigenvalue weighted by atomic mass is 35.5. The highest BCUT2D eigenvalue weighted by Gasteiger charge is 2.20. The molecule has 0 radical (unpaired) electrons. The lowest BCUT2D eigenvalue weighted by atomic mass is 10.1. The number of carbonyl (C=O) groups excluding carboxylic acids is 2. The number of carbonyl (C=O) groups is 2. The Morgan fingerprint density at radius 1 is 1.10 bits per heavy atom. The zero-order chi connectivity index (χ0) is 22.7. The summed E-state index contributed by atoms with van der Waals surface area (Å²) >= 11 is 12.1. The minimum atomic E-state index is -0.415. The predicted octanol–water partition coefficient (Wildman–Crippen LogP) is 4.57. The quantitative estimate of drug-likeness (QED) is 0.582. The summed E-state index contributed by atoms with van der Waals surface area (Å²) in [7, 11) is 1.55. The van der Waals surface area contributed by atoms with Gasteiger partial charge in [0.15, 0.2) is 0 Å². The predicted molar refractivity (Wildman–Crippen MR) is 119 cm³/mol. The van der Waals surface area contributed by atoms with E-state index >= 15 is 0 Å². The van der Waals surface area contributed by atoms with Crippen LogP contribution in [-0.4, -0.2) is 40.1 Å². The molecule has 0 atom stereocenters. The zero-order valence-electron chi connectivity index (χ0n) is 17.2. The second kappa shape index (κ2) is 9.49. The standard InChI is InChI=1S/C22H21Cl2FN4O2/c1-13-17(14(2)29(27-13)16-9-7-15(25)8-10-16)11-21(31)28(3)12-20(30)26-22-18(23)5-4-6-19(22)24/h4-10H,11-12H2,1-3H3,(H,26,30). The maximum Gasteiger partial charge on any atom is 0.244 e. The van der Waals surface area contributed by atoms with Crippen LogP contribution in [0.25, 0.3) is 5.69 Å². The summed E-state index contributed by atoms with van der Waals surface area (Å²) in [6, 6.07) is 10.9. The van der Waals surface area contributed by atoms with Gasteiger partial charge >= 0.3 is 0 Å². The number of hydrogen-bond acceptors (Lipinski definition) is 3. The molecule has 1 aromatic heterocycles. The van der Waals surface area contributed by atoms with Crippen LogP contribution in [0.3, 0.4) is 0 Å². The van der Waals surface area contributed by atoms with Crippen molar-refractivity contribution >= 4 is 40.7 Å². The molecule has 2 aromatic carbocycles. The van der Waals surface area contributed by atoms with Crippen LogP contribution in [0.15, 0.2) is 42.5 Å². The van der Waals surface area contributed by atoms with Crippen LogP contribution in [0.5, 0.6) is 0 Å². The van der Waals surface area contributed by atoms with Crippen molar-refractivity contribution in [3.63, 3.8) is 0 Å². The van der Waals surface area contributed by atoms with E-state index in [0.717, 1.165) is 11.3 Å². The van der Waals surface area contributed by atoms with Crippen molar-refractivity contribution in [3.05, 3.63) is 75.3 Å². The first-order valence-corrected chi connectivity index (χ1v) is 10.2. The Hall–Kier alpha value is -2.90. The monoisotopic (exact) mass is 462 g/mol. The third-order valence-corrected chi connectivity index (χ3v) is 5.50. The minimum Gasteiger partial charge on any atom is -0.336 e. The third kappa shape index (κ3) is 5.24. The van der Waals surface area contributed by atoms with Gasteiger partial charge in [0.2, 0.25) is 11.8 Å². The Morgan fingerprint density at radius 2 is 1.71 bits per heavy atom. The summed E-state index contributed by atoms with van der Waals surface area (Å²) in [6.07, 6.45) is 0.0789. The molecule has 0 aliphatic rings. The van der Waals surface area contributed by atoms with Crippen LogP contribution in [0, 0.1) is 19.7 Å². The number of para-hydroxylation sites is 1. The van der Waals surface area contributed by atoms with Gasteiger partial charge in [0.05, 0.1) is 40.1 Å². The summed E-state index contributed by atoms with van der Waals surface area (Å²) in [4.78, 5) is 26.4. The Balaban J connectivity index is 1.68. The van der Waals surface area contributed by atoms with Crippen molar-refractivity contribution in [2.45, 2.75) is 20.3 Å². The highest BCUT2D eigenvalue weighted by Crippen LogP contribution is 2.29. The van der Waals surface area contributed by atoms with Gasteiger partial charge in [-0.15, -0.1) is 0 Å². The van der Waals surface area contributed by atoms with Gasteiger partial charge in [-0.05, 0) is 50.2 Å².